The number of aromatic nitrogens is 2. The number of nitrogens with one attached hydrogen (secondary N) is 4. The minimum absolute atomic E-state index is 0.0434. The van der Waals surface area contributed by atoms with Crippen LogP contribution in [0, 0.1) is 5.41 Å². The molecule has 0 aliphatic heterocycles. The Labute approximate surface area is 338 Å². The lowest BCUT2D eigenvalue weighted by atomic mass is 10.1. The molecular formula is C39H61F3N8O8. The van der Waals surface area contributed by atoms with E-state index >= 15 is 0 Å². The Hall–Kier alpha value is -5.36. The van der Waals surface area contributed by atoms with Gasteiger partial charge >= 0.3 is 30.4 Å². The summed E-state index contributed by atoms with van der Waals surface area (Å²) in [7, 11) is 0. The van der Waals surface area contributed by atoms with E-state index in [1.807, 2.05) is 30.3 Å². The summed E-state index contributed by atoms with van der Waals surface area (Å²) >= 11 is 0. The number of halogens is 3. The zero-order valence-corrected chi connectivity index (χ0v) is 35.1. The number of imidazole rings is 1. The third-order valence-corrected chi connectivity index (χ3v) is 6.84. The quantitative estimate of drug-likeness (QED) is 0.0608. The predicted octanol–water partition coefficient (Wildman–Crippen LogP) is 7.61. The molecule has 0 spiro atoms. The van der Waals surface area contributed by atoms with Crippen molar-refractivity contribution in [2.75, 3.05) is 13.2 Å². The molecule has 1 heterocycles. The number of benzene rings is 1. The maximum absolute atomic E-state index is 13.0. The molecule has 0 unspecified atom stereocenters. The highest BCUT2D eigenvalue weighted by atomic mass is 19.4. The standard InChI is InChI=1S/C33H49F3N6O6.C6H12N2O2/c1-31(2,3)47-29(44)39-27(40-30(45)48-32(4,5)6)37-19-13-8-7-9-14-20-41-22-23-42(28(41)38-26(43)33(34,35)36)21-15-16-24-46-25-17-11-10-12-18-25;1-6(2,3)10-5(9)8-4-7/h10-12,17-18,22-23H,7-9,13-16,19-21,24H2,1-6H3,(H2,37,39,40,44,45);4H,1-3H3,(H2,7,8,9). The molecule has 16 nitrogen and oxygen atoms in total. The first-order valence-corrected chi connectivity index (χ1v) is 19.0. The van der Waals surface area contributed by atoms with E-state index < -0.39 is 47.2 Å². The van der Waals surface area contributed by atoms with Crippen molar-refractivity contribution in [2.24, 2.45) is 9.98 Å². The van der Waals surface area contributed by atoms with Crippen molar-refractivity contribution in [1.82, 2.24) is 25.1 Å². The number of aryl methyl sites for hydroxylation is 2. The van der Waals surface area contributed by atoms with E-state index in [0.717, 1.165) is 31.4 Å². The van der Waals surface area contributed by atoms with Crippen LogP contribution in [0.15, 0.2) is 52.7 Å². The number of guanidine groups is 1. The van der Waals surface area contributed by atoms with Gasteiger partial charge in [0.05, 0.1) is 12.9 Å². The van der Waals surface area contributed by atoms with Crippen LogP contribution in [0.5, 0.6) is 5.75 Å². The molecule has 58 heavy (non-hydrogen) atoms. The van der Waals surface area contributed by atoms with Gasteiger partial charge in [-0.2, -0.15) is 18.2 Å². The van der Waals surface area contributed by atoms with Crippen molar-refractivity contribution >= 4 is 36.5 Å². The van der Waals surface area contributed by atoms with E-state index in [1.165, 1.54) is 0 Å². The van der Waals surface area contributed by atoms with Gasteiger partial charge in [-0.05, 0) is 100 Å². The maximum Gasteiger partial charge on any atom is 0.473 e. The third-order valence-electron chi connectivity index (χ3n) is 6.84. The number of alkyl carbamates (subject to hydrolysis) is 3. The van der Waals surface area contributed by atoms with Crippen LogP contribution < -0.4 is 26.3 Å². The molecule has 0 bridgehead atoms. The molecule has 0 saturated heterocycles. The number of hydrogen-bond donors (Lipinski definition) is 4. The first kappa shape index (κ1) is 50.7. The van der Waals surface area contributed by atoms with Gasteiger partial charge in [-0.25, -0.2) is 14.4 Å². The second-order valence-electron chi connectivity index (χ2n) is 15.8. The zero-order valence-electron chi connectivity index (χ0n) is 35.1. The molecule has 19 heteroatoms. The molecule has 4 amide bonds. The first-order valence-electron chi connectivity index (χ1n) is 19.0. The molecule has 326 valence electrons. The van der Waals surface area contributed by atoms with Gasteiger partial charge in [-0.1, -0.05) is 37.5 Å². The van der Waals surface area contributed by atoms with E-state index in [9.17, 15) is 32.3 Å². The monoisotopic (exact) mass is 826 g/mol. The Kier molecular flexibility index (Phi) is 21.3. The second-order valence-corrected chi connectivity index (χ2v) is 15.8. The molecular weight excluding hydrogens is 765 g/mol. The summed E-state index contributed by atoms with van der Waals surface area (Å²) < 4.78 is 63.1. The fraction of sp³-hybridized carbons (Fsp3) is 0.615. The minimum Gasteiger partial charge on any atom is -0.494 e. The molecule has 0 aliphatic carbocycles. The van der Waals surface area contributed by atoms with Crippen molar-refractivity contribution in [3.05, 3.63) is 48.3 Å². The molecule has 1 aromatic heterocycles. The SMILES string of the molecule is CC(C)(C)OC(=O)NC(=NCCCCCCCn1ccn(CCCCOc2ccccc2)c1=NC(=O)C(F)(F)F)NC(=O)OC(C)(C)C.CC(C)(C)OC(=O)NC=N. The summed E-state index contributed by atoms with van der Waals surface area (Å²) in [5, 5.41) is 13.5. The Morgan fingerprint density at radius 2 is 1.16 bits per heavy atom. The zero-order chi connectivity index (χ0) is 44.0. The van der Waals surface area contributed by atoms with Gasteiger partial charge in [0, 0.05) is 32.0 Å². The van der Waals surface area contributed by atoms with Gasteiger partial charge in [0.1, 0.15) is 22.6 Å². The topological polar surface area (TPSA) is 200 Å². The lowest BCUT2D eigenvalue weighted by Crippen LogP contribution is -2.47. The molecule has 4 N–H and O–H groups in total. The van der Waals surface area contributed by atoms with Gasteiger partial charge in [0.25, 0.3) is 0 Å². The normalized spacial score (nSPS) is 12.0. The fourth-order valence-corrected chi connectivity index (χ4v) is 4.57. The van der Waals surface area contributed by atoms with Crippen LogP contribution >= 0.6 is 0 Å². The van der Waals surface area contributed by atoms with E-state index in [1.54, 1.807) is 83.8 Å². The van der Waals surface area contributed by atoms with Gasteiger partial charge in [0.15, 0.2) is 0 Å². The number of carbonyl (C=O) groups excluding carboxylic acids is 4. The average molecular weight is 827 g/mol. The Morgan fingerprint density at radius 3 is 1.64 bits per heavy atom. The van der Waals surface area contributed by atoms with Crippen molar-refractivity contribution < 1.29 is 51.3 Å². The largest absolute Gasteiger partial charge is 0.494 e. The summed E-state index contributed by atoms with van der Waals surface area (Å²) in [5.41, 5.74) is -2.03. The summed E-state index contributed by atoms with van der Waals surface area (Å²) in [5.74, 6) is -1.50. The highest BCUT2D eigenvalue weighted by Crippen LogP contribution is 2.16. The number of ether oxygens (including phenoxy) is 4. The van der Waals surface area contributed by atoms with Crippen LogP contribution in [-0.2, 0) is 32.1 Å². The van der Waals surface area contributed by atoms with Crippen LogP contribution in [0.4, 0.5) is 27.6 Å². The van der Waals surface area contributed by atoms with Gasteiger partial charge in [0.2, 0.25) is 11.6 Å². The van der Waals surface area contributed by atoms with Crippen molar-refractivity contribution in [2.45, 2.75) is 143 Å². The summed E-state index contributed by atoms with van der Waals surface area (Å²) in [6.45, 7) is 17.1. The molecule has 1 aromatic carbocycles. The lowest BCUT2D eigenvalue weighted by Gasteiger charge is -2.22. The van der Waals surface area contributed by atoms with Crippen LogP contribution in [-0.4, -0.2) is 81.8 Å². The molecule has 0 fully saturated rings. The fourth-order valence-electron chi connectivity index (χ4n) is 4.57. The van der Waals surface area contributed by atoms with E-state index in [4.69, 9.17) is 24.4 Å². The van der Waals surface area contributed by atoms with Gasteiger partial charge in [-0.15, -0.1) is 0 Å². The van der Waals surface area contributed by atoms with Gasteiger partial charge in [-0.3, -0.25) is 31.1 Å². The smallest absolute Gasteiger partial charge is 0.473 e. The number of nitrogens with zero attached hydrogens (tertiary/aromatic N) is 4. The molecule has 0 saturated carbocycles. The Balaban J connectivity index is 0.00000148. The second kappa shape index (κ2) is 24.4. The number of amides is 4. The predicted molar refractivity (Wildman–Crippen MR) is 212 cm³/mol. The average Bonchev–Trinajstić information content (AvgIpc) is 3.44. The van der Waals surface area contributed by atoms with E-state index in [2.05, 4.69) is 25.9 Å². The van der Waals surface area contributed by atoms with Gasteiger partial charge < -0.3 is 28.1 Å². The minimum atomic E-state index is -5.07. The number of unbranched alkanes of at least 4 members (excludes halogenated alkanes) is 5. The van der Waals surface area contributed by atoms with Crippen LogP contribution in [0.25, 0.3) is 0 Å². The Morgan fingerprint density at radius 1 is 0.690 bits per heavy atom. The highest BCUT2D eigenvalue weighted by molar-refractivity contribution is 6.01. The van der Waals surface area contributed by atoms with Crippen LogP contribution in [0.2, 0.25) is 0 Å². The molecule has 0 aliphatic rings. The highest BCUT2D eigenvalue weighted by Gasteiger charge is 2.38. The molecule has 0 atom stereocenters. The number of carbonyl (C=O) groups is 4. The Bertz CT molecular complexity index is 1660. The molecule has 2 rings (SSSR count). The van der Waals surface area contributed by atoms with E-state index in [-0.39, 0.29) is 11.6 Å². The third kappa shape index (κ3) is 25.0. The van der Waals surface area contributed by atoms with Crippen molar-refractivity contribution in [3.8, 4) is 5.75 Å². The number of alkyl halides is 3. The van der Waals surface area contributed by atoms with Crippen molar-refractivity contribution in [3.63, 3.8) is 0 Å². The first-order chi connectivity index (χ1) is 26.9. The summed E-state index contributed by atoms with van der Waals surface area (Å²) in [6, 6.07) is 9.31. The van der Waals surface area contributed by atoms with E-state index in [0.29, 0.717) is 51.9 Å². The maximum atomic E-state index is 13.0. The van der Waals surface area contributed by atoms with Crippen molar-refractivity contribution in [1.29, 1.82) is 5.41 Å². The number of rotatable bonds is 15. The van der Waals surface area contributed by atoms with Crippen LogP contribution in [0.3, 0.4) is 0 Å². The molecule has 0 radical (unpaired) electrons. The van der Waals surface area contributed by atoms with Crippen LogP contribution in [0.1, 0.15) is 107 Å². The summed E-state index contributed by atoms with van der Waals surface area (Å²) in [4.78, 5) is 54.4. The number of para-hydroxylation sites is 1. The number of aliphatic imine (C=N–C) groups is 1. The number of hydrogen-bond acceptors (Lipinski definition) is 10. The molecule has 2 aromatic rings. The summed E-state index contributed by atoms with van der Waals surface area (Å²) in [6.07, 6.45) is 1.77. The lowest BCUT2D eigenvalue weighted by molar-refractivity contribution is -0.169.